The summed E-state index contributed by atoms with van der Waals surface area (Å²) in [5.41, 5.74) is 6.87. The van der Waals surface area contributed by atoms with E-state index in [0.29, 0.717) is 12.1 Å². The number of hydrogen-bond acceptors (Lipinski definition) is 2. The first-order chi connectivity index (χ1) is 7.37. The lowest BCUT2D eigenvalue weighted by Gasteiger charge is -2.24. The quantitative estimate of drug-likeness (QED) is 0.894. The lowest BCUT2D eigenvalue weighted by molar-refractivity contribution is 0.0915. The Hall–Kier alpha value is -0.870. The summed E-state index contributed by atoms with van der Waals surface area (Å²) in [7, 11) is 0. The van der Waals surface area contributed by atoms with Gasteiger partial charge in [-0.25, -0.2) is 0 Å². The number of halogens is 1. The van der Waals surface area contributed by atoms with Crippen molar-refractivity contribution in [3.8, 4) is 0 Å². The largest absolute Gasteiger partial charge is 0.346 e. The molecule has 0 saturated carbocycles. The molecule has 88 valence electrons. The van der Waals surface area contributed by atoms with Crippen LogP contribution in [0, 0.1) is 6.92 Å². The molecule has 1 aromatic carbocycles. The maximum Gasteiger partial charge on any atom is 0.252 e. The fourth-order valence-electron chi connectivity index (χ4n) is 1.25. The molecule has 0 fully saturated rings. The Labute approximate surface area is 105 Å². The Morgan fingerprint density at radius 1 is 1.50 bits per heavy atom. The number of nitrogens with one attached hydrogen (secondary N) is 1. The average Bonchev–Trinajstić information content (AvgIpc) is 2.21. The number of amides is 1. The van der Waals surface area contributed by atoms with Crippen LogP contribution in [0.2, 0.25) is 0 Å². The van der Waals surface area contributed by atoms with E-state index in [9.17, 15) is 4.79 Å². The second-order valence-corrected chi connectivity index (χ2v) is 5.27. The second-order valence-electron chi connectivity index (χ2n) is 4.48. The van der Waals surface area contributed by atoms with Crippen molar-refractivity contribution in [3.63, 3.8) is 0 Å². The van der Waals surface area contributed by atoms with E-state index in [2.05, 4.69) is 21.2 Å². The fraction of sp³-hybridized carbons (Fsp3) is 0.417. The van der Waals surface area contributed by atoms with Crippen LogP contribution in [0.1, 0.15) is 29.8 Å². The number of nitrogens with two attached hydrogens (primary N) is 1. The van der Waals surface area contributed by atoms with Crippen LogP contribution in [0.5, 0.6) is 0 Å². The highest BCUT2D eigenvalue weighted by Crippen LogP contribution is 2.21. The molecule has 0 spiro atoms. The molecule has 0 radical (unpaired) electrons. The summed E-state index contributed by atoms with van der Waals surface area (Å²) in [5, 5.41) is 2.90. The van der Waals surface area contributed by atoms with Gasteiger partial charge in [0.15, 0.2) is 0 Å². The van der Waals surface area contributed by atoms with Crippen molar-refractivity contribution >= 4 is 21.8 Å². The molecular weight excluding hydrogens is 268 g/mol. The zero-order chi connectivity index (χ0) is 12.3. The van der Waals surface area contributed by atoms with Crippen LogP contribution in [-0.2, 0) is 0 Å². The topological polar surface area (TPSA) is 55.1 Å². The summed E-state index contributed by atoms with van der Waals surface area (Å²) < 4.78 is 0.834. The summed E-state index contributed by atoms with van der Waals surface area (Å²) in [6.45, 7) is 6.15. The SMILES string of the molecule is Cc1cccc(C(=O)NC(C)(C)CN)c1Br. The maximum atomic E-state index is 12.0. The minimum absolute atomic E-state index is 0.106. The summed E-state index contributed by atoms with van der Waals surface area (Å²) in [6, 6.07) is 5.61. The van der Waals surface area contributed by atoms with E-state index in [1.54, 1.807) is 6.07 Å². The van der Waals surface area contributed by atoms with Gasteiger partial charge in [0.1, 0.15) is 0 Å². The van der Waals surface area contributed by atoms with Gasteiger partial charge >= 0.3 is 0 Å². The normalized spacial score (nSPS) is 11.3. The smallest absolute Gasteiger partial charge is 0.252 e. The van der Waals surface area contributed by atoms with Crippen LogP contribution in [-0.4, -0.2) is 18.0 Å². The van der Waals surface area contributed by atoms with Gasteiger partial charge in [0.25, 0.3) is 5.91 Å². The Morgan fingerprint density at radius 3 is 2.69 bits per heavy atom. The van der Waals surface area contributed by atoms with Gasteiger partial charge in [-0.2, -0.15) is 0 Å². The third-order valence-corrected chi connectivity index (χ3v) is 3.45. The molecular formula is C12H17BrN2O. The third-order valence-electron chi connectivity index (χ3n) is 2.40. The van der Waals surface area contributed by atoms with Gasteiger partial charge in [-0.15, -0.1) is 0 Å². The van der Waals surface area contributed by atoms with Gasteiger partial charge in [0.2, 0.25) is 0 Å². The summed E-state index contributed by atoms with van der Waals surface area (Å²) >= 11 is 3.42. The molecule has 0 aromatic heterocycles. The van der Waals surface area contributed by atoms with Gasteiger partial charge in [0, 0.05) is 16.6 Å². The molecule has 0 atom stereocenters. The molecule has 4 heteroatoms. The number of benzene rings is 1. The lowest BCUT2D eigenvalue weighted by Crippen LogP contribution is -2.48. The molecule has 0 heterocycles. The van der Waals surface area contributed by atoms with E-state index in [1.165, 1.54) is 0 Å². The molecule has 0 aliphatic rings. The Kier molecular flexibility index (Phi) is 4.10. The van der Waals surface area contributed by atoms with Gasteiger partial charge in [-0.05, 0) is 48.3 Å². The fourth-order valence-corrected chi connectivity index (χ4v) is 1.69. The zero-order valence-corrected chi connectivity index (χ0v) is 11.4. The summed E-state index contributed by atoms with van der Waals surface area (Å²) in [4.78, 5) is 12.0. The predicted octanol–water partition coefficient (Wildman–Crippen LogP) is 2.22. The van der Waals surface area contributed by atoms with Crippen molar-refractivity contribution in [1.82, 2.24) is 5.32 Å². The zero-order valence-electron chi connectivity index (χ0n) is 9.80. The molecule has 0 bridgehead atoms. The summed E-state index contributed by atoms with van der Waals surface area (Å²) in [6.07, 6.45) is 0. The van der Waals surface area contributed by atoms with Crippen LogP contribution in [0.25, 0.3) is 0 Å². The van der Waals surface area contributed by atoms with E-state index in [-0.39, 0.29) is 11.4 Å². The number of carbonyl (C=O) groups excluding carboxylic acids is 1. The van der Waals surface area contributed by atoms with Crippen LogP contribution in [0.15, 0.2) is 22.7 Å². The molecule has 0 saturated heterocycles. The van der Waals surface area contributed by atoms with Crippen molar-refractivity contribution in [2.24, 2.45) is 5.73 Å². The number of carbonyl (C=O) groups is 1. The number of hydrogen-bond donors (Lipinski definition) is 2. The Balaban J connectivity index is 2.94. The van der Waals surface area contributed by atoms with E-state index in [0.717, 1.165) is 10.0 Å². The Bertz CT molecular complexity index is 402. The first-order valence-corrected chi connectivity index (χ1v) is 5.94. The second kappa shape index (κ2) is 4.97. The Morgan fingerprint density at radius 2 is 2.12 bits per heavy atom. The van der Waals surface area contributed by atoms with Crippen molar-refractivity contribution < 1.29 is 4.79 Å². The molecule has 1 rings (SSSR count). The summed E-state index contributed by atoms with van der Waals surface area (Å²) in [5.74, 6) is -0.106. The number of rotatable bonds is 3. The molecule has 1 aromatic rings. The van der Waals surface area contributed by atoms with E-state index in [1.807, 2.05) is 32.9 Å². The average molecular weight is 285 g/mol. The monoisotopic (exact) mass is 284 g/mol. The highest BCUT2D eigenvalue weighted by Gasteiger charge is 2.20. The molecule has 3 nitrogen and oxygen atoms in total. The van der Waals surface area contributed by atoms with Crippen LogP contribution in [0.3, 0.4) is 0 Å². The minimum Gasteiger partial charge on any atom is -0.346 e. The molecule has 1 amide bonds. The van der Waals surface area contributed by atoms with E-state index >= 15 is 0 Å². The van der Waals surface area contributed by atoms with E-state index in [4.69, 9.17) is 5.73 Å². The van der Waals surface area contributed by atoms with Gasteiger partial charge < -0.3 is 11.1 Å². The first-order valence-electron chi connectivity index (χ1n) is 5.15. The van der Waals surface area contributed by atoms with Crippen LogP contribution in [0.4, 0.5) is 0 Å². The minimum atomic E-state index is -0.389. The molecule has 16 heavy (non-hydrogen) atoms. The van der Waals surface area contributed by atoms with Crippen LogP contribution < -0.4 is 11.1 Å². The molecule has 0 unspecified atom stereocenters. The van der Waals surface area contributed by atoms with Crippen molar-refractivity contribution in [2.75, 3.05) is 6.54 Å². The third kappa shape index (κ3) is 3.06. The number of aryl methyl sites for hydroxylation is 1. The van der Waals surface area contributed by atoms with Gasteiger partial charge in [-0.1, -0.05) is 12.1 Å². The van der Waals surface area contributed by atoms with Crippen LogP contribution >= 0.6 is 15.9 Å². The maximum absolute atomic E-state index is 12.0. The van der Waals surface area contributed by atoms with Crippen molar-refractivity contribution in [3.05, 3.63) is 33.8 Å². The highest BCUT2D eigenvalue weighted by atomic mass is 79.9. The molecule has 0 aliphatic carbocycles. The molecule has 3 N–H and O–H groups in total. The molecule has 0 aliphatic heterocycles. The lowest BCUT2D eigenvalue weighted by atomic mass is 10.0. The van der Waals surface area contributed by atoms with Crippen molar-refractivity contribution in [2.45, 2.75) is 26.3 Å². The first kappa shape index (κ1) is 13.2. The van der Waals surface area contributed by atoms with Gasteiger partial charge in [-0.3, -0.25) is 4.79 Å². The van der Waals surface area contributed by atoms with Gasteiger partial charge in [0.05, 0.1) is 5.56 Å². The highest BCUT2D eigenvalue weighted by molar-refractivity contribution is 9.10. The van der Waals surface area contributed by atoms with Crippen molar-refractivity contribution in [1.29, 1.82) is 0 Å². The standard InChI is InChI=1S/C12H17BrN2O/c1-8-5-4-6-9(10(8)13)11(16)15-12(2,3)7-14/h4-6H,7,14H2,1-3H3,(H,15,16). The predicted molar refractivity (Wildman–Crippen MR) is 69.5 cm³/mol. The van der Waals surface area contributed by atoms with E-state index < -0.39 is 0 Å².